The van der Waals surface area contributed by atoms with E-state index in [0.717, 1.165) is 21.3 Å². The monoisotopic (exact) mass is 359 g/mol. The highest BCUT2D eigenvalue weighted by Gasteiger charge is 2.19. The smallest absolute Gasteiger partial charge is 0.0309 e. The first-order valence-corrected chi connectivity index (χ1v) is 7.96. The van der Waals surface area contributed by atoms with Crippen LogP contribution in [0.3, 0.4) is 0 Å². The van der Waals surface area contributed by atoms with E-state index in [0.29, 0.717) is 0 Å². The Morgan fingerprint density at radius 2 is 1.88 bits per heavy atom. The van der Waals surface area contributed by atoms with E-state index in [1.807, 2.05) is 6.07 Å². The molecular formula is C14H19Br2N. The summed E-state index contributed by atoms with van der Waals surface area (Å²) in [6, 6.07) is 6.41. The normalized spacial score (nSPS) is 19.2. The summed E-state index contributed by atoms with van der Waals surface area (Å²) in [5, 5.41) is 0. The molecule has 0 bridgehead atoms. The van der Waals surface area contributed by atoms with Crippen LogP contribution in [0.4, 0.5) is 0 Å². The van der Waals surface area contributed by atoms with Crippen LogP contribution in [0.25, 0.3) is 0 Å². The van der Waals surface area contributed by atoms with Gasteiger partial charge in [-0.25, -0.2) is 0 Å². The van der Waals surface area contributed by atoms with Crippen molar-refractivity contribution < 1.29 is 0 Å². The van der Waals surface area contributed by atoms with Crippen LogP contribution in [0, 0.1) is 5.92 Å². The Morgan fingerprint density at radius 1 is 1.18 bits per heavy atom. The van der Waals surface area contributed by atoms with Crippen molar-refractivity contribution in [3.63, 3.8) is 0 Å². The molecule has 1 aromatic carbocycles. The van der Waals surface area contributed by atoms with Crippen molar-refractivity contribution >= 4 is 31.9 Å². The third-order valence-corrected chi connectivity index (χ3v) is 4.88. The molecule has 2 rings (SSSR count). The second-order valence-electron chi connectivity index (χ2n) is 5.01. The van der Waals surface area contributed by atoms with Gasteiger partial charge in [0.1, 0.15) is 0 Å². The van der Waals surface area contributed by atoms with Gasteiger partial charge in [0.2, 0.25) is 0 Å². The highest BCUT2D eigenvalue weighted by atomic mass is 79.9. The molecule has 0 aliphatic heterocycles. The average molecular weight is 361 g/mol. The molecule has 0 amide bonds. The molecule has 1 atom stereocenters. The Kier molecular flexibility index (Phi) is 5.07. The fourth-order valence-corrected chi connectivity index (χ4v) is 3.63. The minimum Gasteiger partial charge on any atom is -0.324 e. The van der Waals surface area contributed by atoms with Gasteiger partial charge < -0.3 is 5.73 Å². The minimum absolute atomic E-state index is 0.157. The molecule has 0 saturated heterocycles. The molecule has 0 radical (unpaired) electrons. The number of hydrogen-bond acceptors (Lipinski definition) is 1. The lowest BCUT2D eigenvalue weighted by Gasteiger charge is -2.25. The lowest BCUT2D eigenvalue weighted by molar-refractivity contribution is 0.319. The van der Waals surface area contributed by atoms with Crippen molar-refractivity contribution in [1.29, 1.82) is 0 Å². The summed E-state index contributed by atoms with van der Waals surface area (Å²) in [5.41, 5.74) is 7.57. The number of halogens is 2. The quantitative estimate of drug-likeness (QED) is 0.789. The number of benzene rings is 1. The molecular weight excluding hydrogens is 342 g/mol. The standard InChI is InChI=1S/C14H19Br2N/c15-11-6-7-13(16)12(9-11)14(17)8-10-4-2-1-3-5-10/h6-7,9-10,14H,1-5,8,17H2. The van der Waals surface area contributed by atoms with Gasteiger partial charge in [0.25, 0.3) is 0 Å². The number of hydrogen-bond donors (Lipinski definition) is 1. The van der Waals surface area contributed by atoms with Crippen LogP contribution in [0.1, 0.15) is 50.1 Å². The predicted molar refractivity (Wildman–Crippen MR) is 80.0 cm³/mol. The molecule has 0 aromatic heterocycles. The molecule has 1 fully saturated rings. The van der Waals surface area contributed by atoms with E-state index < -0.39 is 0 Å². The molecule has 1 saturated carbocycles. The second kappa shape index (κ2) is 6.35. The Labute approximate surface area is 120 Å². The molecule has 1 aliphatic carbocycles. The zero-order valence-corrected chi connectivity index (χ0v) is 13.1. The zero-order chi connectivity index (χ0) is 12.3. The van der Waals surface area contributed by atoms with Crippen LogP contribution < -0.4 is 5.73 Å². The van der Waals surface area contributed by atoms with Gasteiger partial charge in [-0.2, -0.15) is 0 Å². The summed E-state index contributed by atoms with van der Waals surface area (Å²) in [6.45, 7) is 0. The molecule has 1 unspecified atom stereocenters. The maximum Gasteiger partial charge on any atom is 0.0309 e. The van der Waals surface area contributed by atoms with E-state index in [4.69, 9.17) is 5.73 Å². The zero-order valence-electron chi connectivity index (χ0n) is 9.96. The van der Waals surface area contributed by atoms with Gasteiger partial charge in [-0.1, -0.05) is 64.0 Å². The van der Waals surface area contributed by atoms with Gasteiger partial charge >= 0.3 is 0 Å². The molecule has 0 spiro atoms. The van der Waals surface area contributed by atoms with Crippen LogP contribution in [0.15, 0.2) is 27.1 Å². The SMILES string of the molecule is NC(CC1CCCCC1)c1cc(Br)ccc1Br. The van der Waals surface area contributed by atoms with Crippen LogP contribution in [0.2, 0.25) is 0 Å². The molecule has 17 heavy (non-hydrogen) atoms. The highest BCUT2D eigenvalue weighted by Crippen LogP contribution is 2.34. The van der Waals surface area contributed by atoms with Crippen molar-refractivity contribution in [2.24, 2.45) is 11.7 Å². The molecule has 0 heterocycles. The van der Waals surface area contributed by atoms with Gasteiger partial charge in [-0.15, -0.1) is 0 Å². The summed E-state index contributed by atoms with van der Waals surface area (Å²) < 4.78 is 2.24. The Morgan fingerprint density at radius 3 is 2.59 bits per heavy atom. The van der Waals surface area contributed by atoms with E-state index in [2.05, 4.69) is 44.0 Å². The number of nitrogens with two attached hydrogens (primary N) is 1. The maximum atomic E-state index is 6.34. The topological polar surface area (TPSA) is 26.0 Å². The summed E-state index contributed by atoms with van der Waals surface area (Å²) in [5.74, 6) is 0.824. The molecule has 1 aromatic rings. The van der Waals surface area contributed by atoms with Crippen molar-refractivity contribution in [3.05, 3.63) is 32.7 Å². The summed E-state index contributed by atoms with van der Waals surface area (Å²) in [7, 11) is 0. The maximum absolute atomic E-state index is 6.34. The highest BCUT2D eigenvalue weighted by molar-refractivity contribution is 9.11. The van der Waals surface area contributed by atoms with Crippen molar-refractivity contribution in [3.8, 4) is 0 Å². The van der Waals surface area contributed by atoms with Gasteiger partial charge in [0, 0.05) is 15.0 Å². The van der Waals surface area contributed by atoms with Crippen LogP contribution in [-0.2, 0) is 0 Å². The van der Waals surface area contributed by atoms with Gasteiger partial charge in [-0.05, 0) is 36.1 Å². The fourth-order valence-electron chi connectivity index (χ4n) is 2.71. The third-order valence-electron chi connectivity index (χ3n) is 3.67. The van der Waals surface area contributed by atoms with Gasteiger partial charge in [0.05, 0.1) is 0 Å². The van der Waals surface area contributed by atoms with Crippen LogP contribution in [-0.4, -0.2) is 0 Å². The lowest BCUT2D eigenvalue weighted by Crippen LogP contribution is -2.17. The Bertz CT molecular complexity index is 372. The molecule has 2 N–H and O–H groups in total. The van der Waals surface area contributed by atoms with Crippen molar-refractivity contribution in [2.75, 3.05) is 0 Å². The fraction of sp³-hybridized carbons (Fsp3) is 0.571. The summed E-state index contributed by atoms with van der Waals surface area (Å²) in [4.78, 5) is 0. The van der Waals surface area contributed by atoms with Crippen molar-refractivity contribution in [2.45, 2.75) is 44.6 Å². The van der Waals surface area contributed by atoms with Crippen LogP contribution in [0.5, 0.6) is 0 Å². The van der Waals surface area contributed by atoms with E-state index in [1.54, 1.807) is 0 Å². The molecule has 1 nitrogen and oxygen atoms in total. The summed E-state index contributed by atoms with van der Waals surface area (Å²) in [6.07, 6.45) is 8.02. The Hall–Kier alpha value is 0.140. The largest absolute Gasteiger partial charge is 0.324 e. The van der Waals surface area contributed by atoms with E-state index >= 15 is 0 Å². The Balaban J connectivity index is 2.02. The summed E-state index contributed by atoms with van der Waals surface area (Å²) >= 11 is 7.11. The van der Waals surface area contributed by atoms with Gasteiger partial charge in [-0.3, -0.25) is 0 Å². The first-order valence-electron chi connectivity index (χ1n) is 6.37. The minimum atomic E-state index is 0.157. The molecule has 3 heteroatoms. The van der Waals surface area contributed by atoms with E-state index in [1.165, 1.54) is 37.7 Å². The predicted octanol–water partition coefficient (Wildman–Crippen LogP) is 5.18. The second-order valence-corrected chi connectivity index (χ2v) is 6.78. The number of rotatable bonds is 3. The van der Waals surface area contributed by atoms with E-state index in [9.17, 15) is 0 Å². The van der Waals surface area contributed by atoms with E-state index in [-0.39, 0.29) is 6.04 Å². The van der Waals surface area contributed by atoms with Gasteiger partial charge in [0.15, 0.2) is 0 Å². The average Bonchev–Trinajstić information content (AvgIpc) is 2.33. The lowest BCUT2D eigenvalue weighted by atomic mass is 9.83. The molecule has 1 aliphatic rings. The molecule has 94 valence electrons. The van der Waals surface area contributed by atoms with Crippen molar-refractivity contribution in [1.82, 2.24) is 0 Å². The first kappa shape index (κ1) is 13.6. The first-order chi connectivity index (χ1) is 8.16. The van der Waals surface area contributed by atoms with Crippen LogP contribution >= 0.6 is 31.9 Å². The third kappa shape index (κ3) is 3.80.